The third-order valence-electron chi connectivity index (χ3n) is 6.61. The van der Waals surface area contributed by atoms with Gasteiger partial charge in [0.05, 0.1) is 5.92 Å². The number of fused-ring (bicyclic) bond motifs is 3. The van der Waals surface area contributed by atoms with E-state index in [1.807, 2.05) is 21.0 Å². The Balaban J connectivity index is 1.65. The van der Waals surface area contributed by atoms with Crippen LogP contribution in [-0.2, 0) is 10.2 Å². The van der Waals surface area contributed by atoms with Gasteiger partial charge in [0.15, 0.2) is 0 Å². The fourth-order valence-electron chi connectivity index (χ4n) is 4.69. The van der Waals surface area contributed by atoms with Crippen molar-refractivity contribution in [2.75, 3.05) is 30.4 Å². The number of carbonyl (C=O) groups is 1. The zero-order chi connectivity index (χ0) is 21.5. The SMILES string of the molecule is CC1CN2c3ccccc3C(C)(C)C2(C=CC=Cc2ccc(N(C)C)cc2)NC1=O. The molecule has 2 unspecified atom stereocenters. The third-order valence-corrected chi connectivity index (χ3v) is 6.61. The second kappa shape index (κ2) is 7.35. The van der Waals surface area contributed by atoms with Gasteiger partial charge in [0.25, 0.3) is 0 Å². The number of nitrogens with one attached hydrogen (secondary N) is 1. The molecule has 4 heteroatoms. The second-order valence-corrected chi connectivity index (χ2v) is 9.11. The molecule has 1 N–H and O–H groups in total. The molecule has 0 radical (unpaired) electrons. The predicted octanol–water partition coefficient (Wildman–Crippen LogP) is 4.58. The summed E-state index contributed by atoms with van der Waals surface area (Å²) in [6.07, 6.45) is 8.37. The highest BCUT2D eigenvalue weighted by atomic mass is 16.2. The van der Waals surface area contributed by atoms with Gasteiger partial charge in [-0.2, -0.15) is 0 Å². The van der Waals surface area contributed by atoms with Crippen LogP contribution in [0.4, 0.5) is 11.4 Å². The molecular formula is C26H31N3O. The van der Waals surface area contributed by atoms with Crippen LogP contribution in [0, 0.1) is 5.92 Å². The van der Waals surface area contributed by atoms with E-state index < -0.39 is 5.66 Å². The number of nitrogens with zero attached hydrogens (tertiary/aromatic N) is 2. The summed E-state index contributed by atoms with van der Waals surface area (Å²) in [4.78, 5) is 17.2. The molecule has 2 aromatic carbocycles. The van der Waals surface area contributed by atoms with Crippen LogP contribution in [0.25, 0.3) is 6.08 Å². The summed E-state index contributed by atoms with van der Waals surface area (Å²) >= 11 is 0. The van der Waals surface area contributed by atoms with E-state index in [1.54, 1.807) is 0 Å². The highest BCUT2D eigenvalue weighted by molar-refractivity contribution is 5.85. The van der Waals surface area contributed by atoms with E-state index in [-0.39, 0.29) is 17.2 Å². The monoisotopic (exact) mass is 401 g/mol. The largest absolute Gasteiger partial charge is 0.378 e. The van der Waals surface area contributed by atoms with Gasteiger partial charge in [-0.1, -0.05) is 69.3 Å². The van der Waals surface area contributed by atoms with E-state index in [0.717, 1.165) is 5.56 Å². The van der Waals surface area contributed by atoms with Crippen molar-refractivity contribution in [2.45, 2.75) is 31.8 Å². The number of amides is 1. The minimum Gasteiger partial charge on any atom is -0.378 e. The van der Waals surface area contributed by atoms with Gasteiger partial charge < -0.3 is 15.1 Å². The number of benzene rings is 2. The highest BCUT2D eigenvalue weighted by Gasteiger charge is 2.58. The molecule has 0 saturated carbocycles. The molecule has 30 heavy (non-hydrogen) atoms. The normalized spacial score (nSPS) is 24.8. The maximum absolute atomic E-state index is 12.7. The van der Waals surface area contributed by atoms with Crippen LogP contribution in [0.1, 0.15) is 31.9 Å². The Morgan fingerprint density at radius 3 is 2.47 bits per heavy atom. The molecule has 156 valence electrons. The van der Waals surface area contributed by atoms with Crippen molar-refractivity contribution < 1.29 is 4.79 Å². The van der Waals surface area contributed by atoms with Crippen LogP contribution in [0.2, 0.25) is 0 Å². The van der Waals surface area contributed by atoms with E-state index >= 15 is 0 Å². The fourth-order valence-corrected chi connectivity index (χ4v) is 4.69. The molecule has 4 rings (SSSR count). The van der Waals surface area contributed by atoms with Crippen LogP contribution in [0.15, 0.2) is 66.8 Å². The van der Waals surface area contributed by atoms with Gasteiger partial charge in [-0.25, -0.2) is 0 Å². The second-order valence-electron chi connectivity index (χ2n) is 9.11. The molecule has 2 atom stereocenters. The summed E-state index contributed by atoms with van der Waals surface area (Å²) < 4.78 is 0. The Morgan fingerprint density at radius 1 is 1.07 bits per heavy atom. The van der Waals surface area contributed by atoms with Crippen LogP contribution in [0.5, 0.6) is 0 Å². The van der Waals surface area contributed by atoms with Gasteiger partial charge in [0.1, 0.15) is 5.66 Å². The van der Waals surface area contributed by atoms with Crippen molar-refractivity contribution in [2.24, 2.45) is 5.92 Å². The van der Waals surface area contributed by atoms with Crippen LogP contribution in [-0.4, -0.2) is 32.2 Å². The first kappa shape index (κ1) is 20.3. The standard InChI is InChI=1S/C26H31N3O/c1-19-18-29-23-12-7-6-11-22(23)25(2,3)26(29,27-24(19)30)17-9-8-10-20-13-15-21(16-14-20)28(4)5/h6-17,19H,18H2,1-5H3,(H,27,30). The molecule has 1 amide bonds. The number of anilines is 2. The highest BCUT2D eigenvalue weighted by Crippen LogP contribution is 2.52. The summed E-state index contributed by atoms with van der Waals surface area (Å²) in [7, 11) is 4.08. The Morgan fingerprint density at radius 2 is 1.77 bits per heavy atom. The molecule has 0 aromatic heterocycles. The molecule has 1 fully saturated rings. The van der Waals surface area contributed by atoms with Gasteiger partial charge in [-0.3, -0.25) is 4.79 Å². The molecule has 2 aromatic rings. The van der Waals surface area contributed by atoms with Crippen LogP contribution < -0.4 is 15.1 Å². The lowest BCUT2D eigenvalue weighted by Crippen LogP contribution is -2.70. The lowest BCUT2D eigenvalue weighted by atomic mass is 9.74. The van der Waals surface area contributed by atoms with E-state index in [4.69, 9.17) is 0 Å². The Bertz CT molecular complexity index is 1000. The van der Waals surface area contributed by atoms with Gasteiger partial charge in [-0.15, -0.1) is 0 Å². The summed E-state index contributed by atoms with van der Waals surface area (Å²) in [6.45, 7) is 7.15. The number of para-hydroxylation sites is 1. The molecule has 4 nitrogen and oxygen atoms in total. The predicted molar refractivity (Wildman–Crippen MR) is 126 cm³/mol. The van der Waals surface area contributed by atoms with E-state index in [9.17, 15) is 4.79 Å². The Hall–Kier alpha value is -3.01. The maximum atomic E-state index is 12.7. The first-order valence-corrected chi connectivity index (χ1v) is 10.6. The van der Waals surface area contributed by atoms with E-state index in [2.05, 4.69) is 102 Å². The molecule has 0 spiro atoms. The molecule has 2 heterocycles. The summed E-state index contributed by atoms with van der Waals surface area (Å²) in [5.74, 6) is 0.0688. The number of rotatable bonds is 4. The van der Waals surface area contributed by atoms with Crippen molar-refractivity contribution in [3.8, 4) is 0 Å². The molecule has 0 aliphatic carbocycles. The van der Waals surface area contributed by atoms with Gasteiger partial charge in [0.2, 0.25) is 5.91 Å². The van der Waals surface area contributed by atoms with Crippen molar-refractivity contribution >= 4 is 23.4 Å². The van der Waals surface area contributed by atoms with Gasteiger partial charge >= 0.3 is 0 Å². The zero-order valence-corrected chi connectivity index (χ0v) is 18.5. The number of hydrogen-bond donors (Lipinski definition) is 1. The van der Waals surface area contributed by atoms with Crippen LogP contribution >= 0.6 is 0 Å². The lowest BCUT2D eigenvalue weighted by Gasteiger charge is -2.50. The van der Waals surface area contributed by atoms with Crippen molar-refractivity contribution in [1.29, 1.82) is 0 Å². The molecule has 1 saturated heterocycles. The molecular weight excluding hydrogens is 370 g/mol. The molecule has 2 aliphatic rings. The molecule has 2 aliphatic heterocycles. The van der Waals surface area contributed by atoms with E-state index in [0.29, 0.717) is 6.54 Å². The maximum Gasteiger partial charge on any atom is 0.226 e. The smallest absolute Gasteiger partial charge is 0.226 e. The first-order chi connectivity index (χ1) is 14.3. The Labute approximate surface area is 179 Å². The lowest BCUT2D eigenvalue weighted by molar-refractivity contribution is -0.128. The number of hydrogen-bond acceptors (Lipinski definition) is 3. The minimum absolute atomic E-state index is 0.0424. The quantitative estimate of drug-likeness (QED) is 0.762. The third kappa shape index (κ3) is 3.11. The Kier molecular flexibility index (Phi) is 4.97. The van der Waals surface area contributed by atoms with Gasteiger partial charge in [0, 0.05) is 37.4 Å². The number of carbonyl (C=O) groups excluding carboxylic acids is 1. The first-order valence-electron chi connectivity index (χ1n) is 10.6. The zero-order valence-electron chi connectivity index (χ0n) is 18.5. The summed E-state index contributed by atoms with van der Waals surface area (Å²) in [6, 6.07) is 17.0. The topological polar surface area (TPSA) is 35.6 Å². The number of allylic oxidation sites excluding steroid dienone is 2. The van der Waals surface area contributed by atoms with Crippen molar-refractivity contribution in [3.63, 3.8) is 0 Å². The van der Waals surface area contributed by atoms with Crippen molar-refractivity contribution in [1.82, 2.24) is 5.32 Å². The van der Waals surface area contributed by atoms with Crippen molar-refractivity contribution in [3.05, 3.63) is 77.9 Å². The molecule has 0 bridgehead atoms. The average molecular weight is 402 g/mol. The fraction of sp³-hybridized carbons (Fsp3) is 0.346. The van der Waals surface area contributed by atoms with Gasteiger partial charge in [-0.05, 0) is 35.4 Å². The van der Waals surface area contributed by atoms with Crippen LogP contribution in [0.3, 0.4) is 0 Å². The average Bonchev–Trinajstić information content (AvgIpc) is 2.91. The minimum atomic E-state index is -0.570. The summed E-state index contributed by atoms with van der Waals surface area (Å²) in [5, 5.41) is 3.36. The van der Waals surface area contributed by atoms with E-state index in [1.165, 1.54) is 16.9 Å². The summed E-state index contributed by atoms with van der Waals surface area (Å²) in [5.41, 5.74) is 3.99.